The molecule has 1 amide bonds. The van der Waals surface area contributed by atoms with Crippen LogP contribution in [0.5, 0.6) is 0 Å². The molecule has 0 bridgehead atoms. The van der Waals surface area contributed by atoms with Crippen molar-refractivity contribution in [2.24, 2.45) is 5.73 Å². The summed E-state index contributed by atoms with van der Waals surface area (Å²) in [4.78, 5) is 30.5. The van der Waals surface area contributed by atoms with E-state index in [9.17, 15) is 9.59 Å². The molecule has 1 saturated heterocycles. The number of fused-ring (bicyclic) bond motifs is 1. The number of carboxylic acid groups (broad SMARTS) is 1. The number of hydrogen-bond donors (Lipinski definition) is 4. The Bertz CT molecular complexity index is 1200. The van der Waals surface area contributed by atoms with Gasteiger partial charge in [0.25, 0.3) is 5.91 Å². The highest BCUT2D eigenvalue weighted by molar-refractivity contribution is 5.98. The number of nitrogens with one attached hydrogen (secondary N) is 2. The number of nitrogen functional groups attached to an aromatic ring is 1. The molecular weight excluding hydrogens is 432 g/mol. The molecule has 34 heavy (non-hydrogen) atoms. The Morgan fingerprint density at radius 2 is 1.74 bits per heavy atom. The van der Waals surface area contributed by atoms with E-state index in [0.29, 0.717) is 16.6 Å². The molecule has 4 rings (SSSR count). The number of nitrogens with zero attached hydrogens (tertiary/aromatic N) is 3. The lowest BCUT2D eigenvalue weighted by molar-refractivity contribution is -0.136. The highest BCUT2D eigenvalue weighted by Gasteiger charge is 2.17. The molecular formula is C25H30N6O3. The Morgan fingerprint density at radius 3 is 2.41 bits per heavy atom. The molecule has 0 radical (unpaired) electrons. The average Bonchev–Trinajstić information content (AvgIpc) is 3.21. The lowest BCUT2D eigenvalue weighted by atomic mass is 10.1. The van der Waals surface area contributed by atoms with Gasteiger partial charge in [-0.3, -0.25) is 15.0 Å². The van der Waals surface area contributed by atoms with E-state index in [0.717, 1.165) is 43.1 Å². The second-order valence-electron chi connectivity index (χ2n) is 8.58. The van der Waals surface area contributed by atoms with Crippen LogP contribution in [-0.4, -0.2) is 63.4 Å². The van der Waals surface area contributed by atoms with Gasteiger partial charge in [-0.15, -0.1) is 0 Å². The molecule has 0 aliphatic carbocycles. The zero-order valence-corrected chi connectivity index (χ0v) is 19.1. The van der Waals surface area contributed by atoms with Gasteiger partial charge in [-0.1, -0.05) is 30.7 Å². The molecule has 0 atom stereocenters. The number of carbonyl (C=O) groups is 2. The van der Waals surface area contributed by atoms with E-state index in [4.69, 9.17) is 21.2 Å². The second kappa shape index (κ2) is 10.5. The van der Waals surface area contributed by atoms with Gasteiger partial charge >= 0.3 is 5.97 Å². The first-order chi connectivity index (χ1) is 16.4. The normalized spacial score (nSPS) is 14.2. The van der Waals surface area contributed by atoms with Gasteiger partial charge in [-0.25, -0.2) is 4.98 Å². The zero-order chi connectivity index (χ0) is 24.1. The van der Waals surface area contributed by atoms with E-state index in [1.807, 2.05) is 30.3 Å². The summed E-state index contributed by atoms with van der Waals surface area (Å²) in [6.07, 6.45) is 3.61. The van der Waals surface area contributed by atoms with Crippen LogP contribution in [0.25, 0.3) is 22.4 Å². The van der Waals surface area contributed by atoms with Gasteiger partial charge in [0, 0.05) is 36.3 Å². The van der Waals surface area contributed by atoms with Crippen LogP contribution in [0.15, 0.2) is 42.5 Å². The van der Waals surface area contributed by atoms with Crippen molar-refractivity contribution in [3.63, 3.8) is 0 Å². The topological polar surface area (TPSA) is 137 Å². The molecule has 178 valence electrons. The van der Waals surface area contributed by atoms with E-state index < -0.39 is 5.97 Å². The van der Waals surface area contributed by atoms with Crippen LogP contribution < -0.4 is 11.1 Å². The number of nitrogens with two attached hydrogens (primary N) is 1. The maximum absolute atomic E-state index is 12.5. The summed E-state index contributed by atoms with van der Waals surface area (Å²) in [6.45, 7) is 3.97. The van der Waals surface area contributed by atoms with Gasteiger partial charge in [0.05, 0.1) is 17.5 Å². The Morgan fingerprint density at radius 1 is 1.03 bits per heavy atom. The van der Waals surface area contributed by atoms with Crippen molar-refractivity contribution in [1.82, 2.24) is 19.8 Å². The smallest absolute Gasteiger partial charge is 0.305 e. The summed E-state index contributed by atoms with van der Waals surface area (Å²) in [6, 6.07) is 12.8. The zero-order valence-electron chi connectivity index (χ0n) is 19.1. The van der Waals surface area contributed by atoms with Crippen LogP contribution in [0.1, 0.15) is 41.6 Å². The van der Waals surface area contributed by atoms with Crippen molar-refractivity contribution >= 4 is 28.7 Å². The molecule has 0 unspecified atom stereocenters. The SMILES string of the molecule is N=C(N)c1ccc(-c2nc3cc(C(=O)NCCC(=O)O)ccc3n2CCN2CCCCC2)cc1. The van der Waals surface area contributed by atoms with Crippen LogP contribution >= 0.6 is 0 Å². The predicted molar refractivity (Wildman–Crippen MR) is 131 cm³/mol. The van der Waals surface area contributed by atoms with Crippen LogP contribution in [0.2, 0.25) is 0 Å². The number of hydrogen-bond acceptors (Lipinski definition) is 5. The third kappa shape index (κ3) is 5.43. The van der Waals surface area contributed by atoms with E-state index in [1.54, 1.807) is 12.1 Å². The van der Waals surface area contributed by atoms with Crippen LogP contribution in [0, 0.1) is 5.41 Å². The third-order valence-corrected chi connectivity index (χ3v) is 6.18. The second-order valence-corrected chi connectivity index (χ2v) is 8.58. The summed E-state index contributed by atoms with van der Waals surface area (Å²) in [5.41, 5.74) is 9.25. The molecule has 5 N–H and O–H groups in total. The van der Waals surface area contributed by atoms with Gasteiger partial charge in [-0.05, 0) is 44.1 Å². The molecule has 1 fully saturated rings. The number of amidine groups is 1. The largest absolute Gasteiger partial charge is 0.481 e. The lowest BCUT2D eigenvalue weighted by Crippen LogP contribution is -2.32. The van der Waals surface area contributed by atoms with Crippen molar-refractivity contribution in [3.8, 4) is 11.4 Å². The molecule has 2 aromatic carbocycles. The minimum atomic E-state index is -0.955. The van der Waals surface area contributed by atoms with Crippen LogP contribution in [0.4, 0.5) is 0 Å². The summed E-state index contributed by atoms with van der Waals surface area (Å²) in [7, 11) is 0. The molecule has 0 spiro atoms. The van der Waals surface area contributed by atoms with E-state index in [-0.39, 0.29) is 24.7 Å². The highest BCUT2D eigenvalue weighted by atomic mass is 16.4. The number of aromatic nitrogens is 2. The van der Waals surface area contributed by atoms with Crippen LogP contribution in [-0.2, 0) is 11.3 Å². The molecule has 9 nitrogen and oxygen atoms in total. The van der Waals surface area contributed by atoms with E-state index in [1.165, 1.54) is 19.3 Å². The number of rotatable bonds is 9. The quantitative estimate of drug-likeness (QED) is 0.285. The number of piperidine rings is 1. The Labute approximate surface area is 198 Å². The standard InChI is InChI=1S/C25H30N6O3/c26-23(27)17-4-6-18(7-5-17)24-29-20-16-19(25(34)28-11-10-22(32)33)8-9-21(20)31(24)15-14-30-12-2-1-3-13-30/h4-9,16H,1-3,10-15H2,(H3,26,27)(H,28,34)(H,32,33). The minimum Gasteiger partial charge on any atom is -0.481 e. The average molecular weight is 463 g/mol. The molecule has 1 aliphatic heterocycles. The molecule has 2 heterocycles. The van der Waals surface area contributed by atoms with Crippen molar-refractivity contribution in [3.05, 3.63) is 53.6 Å². The fourth-order valence-corrected chi connectivity index (χ4v) is 4.33. The third-order valence-electron chi connectivity index (χ3n) is 6.18. The fraction of sp³-hybridized carbons (Fsp3) is 0.360. The fourth-order valence-electron chi connectivity index (χ4n) is 4.33. The van der Waals surface area contributed by atoms with Crippen molar-refractivity contribution in [2.75, 3.05) is 26.2 Å². The first-order valence-corrected chi connectivity index (χ1v) is 11.6. The van der Waals surface area contributed by atoms with Gasteiger partial charge in [0.1, 0.15) is 11.7 Å². The molecule has 0 saturated carbocycles. The number of imidazole rings is 1. The monoisotopic (exact) mass is 462 g/mol. The van der Waals surface area contributed by atoms with Crippen LogP contribution in [0.3, 0.4) is 0 Å². The van der Waals surface area contributed by atoms with Gasteiger partial charge in [-0.2, -0.15) is 0 Å². The summed E-state index contributed by atoms with van der Waals surface area (Å²) < 4.78 is 2.18. The van der Waals surface area contributed by atoms with Gasteiger partial charge < -0.3 is 25.6 Å². The number of carbonyl (C=O) groups excluding carboxylic acids is 1. The molecule has 3 aromatic rings. The number of amides is 1. The van der Waals surface area contributed by atoms with Gasteiger partial charge in [0.2, 0.25) is 0 Å². The van der Waals surface area contributed by atoms with E-state index in [2.05, 4.69) is 14.8 Å². The Kier molecular flexibility index (Phi) is 7.22. The summed E-state index contributed by atoms with van der Waals surface area (Å²) in [5, 5.41) is 19.1. The minimum absolute atomic E-state index is 0.0173. The van der Waals surface area contributed by atoms with Crippen molar-refractivity contribution in [2.45, 2.75) is 32.2 Å². The van der Waals surface area contributed by atoms with Crippen molar-refractivity contribution in [1.29, 1.82) is 5.41 Å². The van der Waals surface area contributed by atoms with Gasteiger partial charge in [0.15, 0.2) is 0 Å². The predicted octanol–water partition coefficient (Wildman–Crippen LogP) is 2.68. The number of aliphatic carboxylic acids is 1. The molecule has 1 aromatic heterocycles. The van der Waals surface area contributed by atoms with Crippen molar-refractivity contribution < 1.29 is 14.7 Å². The maximum atomic E-state index is 12.5. The molecule has 1 aliphatic rings. The number of carboxylic acids is 1. The first kappa shape index (κ1) is 23.4. The number of benzene rings is 2. The maximum Gasteiger partial charge on any atom is 0.305 e. The highest BCUT2D eigenvalue weighted by Crippen LogP contribution is 2.26. The number of likely N-dealkylation sites (tertiary alicyclic amines) is 1. The summed E-state index contributed by atoms with van der Waals surface area (Å²) in [5.74, 6) is -0.462. The Hall–Kier alpha value is -3.72. The Balaban J connectivity index is 1.65. The van der Waals surface area contributed by atoms with E-state index >= 15 is 0 Å². The summed E-state index contributed by atoms with van der Waals surface area (Å²) >= 11 is 0. The first-order valence-electron chi connectivity index (χ1n) is 11.6. The molecule has 9 heteroatoms. The lowest BCUT2D eigenvalue weighted by Gasteiger charge is -2.26.